The number of amidine groups is 1. The van der Waals surface area contributed by atoms with Gasteiger partial charge in [0.25, 0.3) is 10.0 Å². The van der Waals surface area contributed by atoms with Gasteiger partial charge in [-0.05, 0) is 44.0 Å². The monoisotopic (exact) mass is 336 g/mol. The second-order valence-electron chi connectivity index (χ2n) is 5.76. The van der Waals surface area contributed by atoms with E-state index in [2.05, 4.69) is 20.3 Å². The van der Waals surface area contributed by atoms with Crippen LogP contribution in [-0.2, 0) is 14.8 Å². The molecule has 1 amide bonds. The number of hydrogen-bond acceptors (Lipinski definition) is 5. The number of benzene rings is 1. The van der Waals surface area contributed by atoms with Gasteiger partial charge in [-0.15, -0.1) is 0 Å². The third-order valence-corrected chi connectivity index (χ3v) is 5.48. The minimum atomic E-state index is -3.55. The van der Waals surface area contributed by atoms with Crippen LogP contribution >= 0.6 is 0 Å². The van der Waals surface area contributed by atoms with Crippen LogP contribution in [0.25, 0.3) is 0 Å². The second kappa shape index (κ2) is 6.67. The van der Waals surface area contributed by atoms with Crippen LogP contribution in [0.1, 0.15) is 18.4 Å². The lowest BCUT2D eigenvalue weighted by Crippen LogP contribution is -2.30. The summed E-state index contributed by atoms with van der Waals surface area (Å²) < 4.78 is 26.2. The molecule has 7 nitrogen and oxygen atoms in total. The quantitative estimate of drug-likeness (QED) is 0.696. The first kappa shape index (κ1) is 15.9. The Bertz CT molecular complexity index is 724. The van der Waals surface area contributed by atoms with E-state index < -0.39 is 10.0 Å². The minimum Gasteiger partial charge on any atom is -0.354 e. The van der Waals surface area contributed by atoms with Crippen LogP contribution in [0.4, 0.5) is 0 Å². The van der Waals surface area contributed by atoms with E-state index in [4.69, 9.17) is 0 Å². The molecule has 0 aliphatic carbocycles. The van der Waals surface area contributed by atoms with E-state index in [1.54, 1.807) is 18.2 Å². The lowest BCUT2D eigenvalue weighted by molar-refractivity contribution is -0.119. The average molecular weight is 336 g/mol. The number of fused-ring (bicyclic) bond motifs is 1. The molecule has 3 rings (SSSR count). The summed E-state index contributed by atoms with van der Waals surface area (Å²) in [7, 11) is -3.55. The Labute approximate surface area is 135 Å². The summed E-state index contributed by atoms with van der Waals surface area (Å²) in [6.45, 7) is 2.59. The molecule has 0 bridgehead atoms. The molecule has 124 valence electrons. The number of carbonyl (C=O) groups is 1. The van der Waals surface area contributed by atoms with Gasteiger partial charge in [0.15, 0.2) is 0 Å². The number of aliphatic imine (C=N–C) groups is 1. The molecule has 1 aromatic rings. The van der Waals surface area contributed by atoms with Crippen LogP contribution in [0.15, 0.2) is 34.2 Å². The van der Waals surface area contributed by atoms with Gasteiger partial charge in [-0.25, -0.2) is 8.42 Å². The zero-order valence-electron chi connectivity index (χ0n) is 12.7. The standard InChI is InChI=1S/C15H20N4O3S/c20-14(17-8-6-11-5-7-16-9-11)10-18-15-12-3-1-2-4-13(12)23(21,22)19-15/h1-4,11,16H,5-10H2,(H,17,20)(H,18,19). The molecule has 1 fully saturated rings. The molecule has 0 aromatic heterocycles. The normalized spacial score (nSPS) is 23.5. The van der Waals surface area contributed by atoms with Crippen molar-refractivity contribution in [3.63, 3.8) is 0 Å². The first-order valence-corrected chi connectivity index (χ1v) is 9.19. The van der Waals surface area contributed by atoms with Gasteiger partial charge < -0.3 is 10.6 Å². The fourth-order valence-electron chi connectivity index (χ4n) is 2.83. The summed E-state index contributed by atoms with van der Waals surface area (Å²) in [6, 6.07) is 6.60. The van der Waals surface area contributed by atoms with Gasteiger partial charge in [0.1, 0.15) is 12.4 Å². The molecular formula is C15H20N4O3S. The van der Waals surface area contributed by atoms with Gasteiger partial charge >= 0.3 is 0 Å². The zero-order chi connectivity index (χ0) is 16.3. The van der Waals surface area contributed by atoms with E-state index in [9.17, 15) is 13.2 Å². The highest BCUT2D eigenvalue weighted by Crippen LogP contribution is 2.21. The maximum atomic E-state index is 11.9. The highest BCUT2D eigenvalue weighted by molar-refractivity contribution is 7.90. The topological polar surface area (TPSA) is 99.7 Å². The summed E-state index contributed by atoms with van der Waals surface area (Å²) in [5.74, 6) is 0.651. The van der Waals surface area contributed by atoms with E-state index in [0.717, 1.165) is 25.9 Å². The van der Waals surface area contributed by atoms with Crippen LogP contribution in [0.3, 0.4) is 0 Å². The highest BCUT2D eigenvalue weighted by atomic mass is 32.2. The minimum absolute atomic E-state index is 0.0882. The number of nitrogens with one attached hydrogen (secondary N) is 3. The maximum Gasteiger partial charge on any atom is 0.263 e. The fourth-order valence-corrected chi connectivity index (χ4v) is 4.09. The Morgan fingerprint density at radius 1 is 1.35 bits per heavy atom. The Kier molecular flexibility index (Phi) is 4.63. The van der Waals surface area contributed by atoms with E-state index in [1.807, 2.05) is 0 Å². The average Bonchev–Trinajstić information content (AvgIpc) is 3.12. The van der Waals surface area contributed by atoms with Crippen molar-refractivity contribution in [2.75, 3.05) is 26.2 Å². The number of sulfonamides is 1. The molecule has 23 heavy (non-hydrogen) atoms. The van der Waals surface area contributed by atoms with Crippen LogP contribution in [0, 0.1) is 5.92 Å². The molecule has 0 radical (unpaired) electrons. The molecule has 2 heterocycles. The van der Waals surface area contributed by atoms with Crippen molar-refractivity contribution >= 4 is 21.8 Å². The summed E-state index contributed by atoms with van der Waals surface area (Å²) in [6.07, 6.45) is 2.10. The van der Waals surface area contributed by atoms with Gasteiger partial charge in [-0.2, -0.15) is 0 Å². The first-order chi connectivity index (χ1) is 11.1. The first-order valence-electron chi connectivity index (χ1n) is 7.70. The van der Waals surface area contributed by atoms with E-state index in [0.29, 0.717) is 18.0 Å². The van der Waals surface area contributed by atoms with Crippen LogP contribution in [0.5, 0.6) is 0 Å². The van der Waals surface area contributed by atoms with Gasteiger partial charge in [0.2, 0.25) is 5.91 Å². The Hall–Kier alpha value is -1.93. The van der Waals surface area contributed by atoms with E-state index in [-0.39, 0.29) is 23.2 Å². The SMILES string of the molecule is O=C(CN=C1NS(=O)(=O)c2ccccc21)NCCC1CCNC1. The van der Waals surface area contributed by atoms with Crippen molar-refractivity contribution in [3.05, 3.63) is 29.8 Å². The number of amides is 1. The molecule has 1 aromatic carbocycles. The third-order valence-electron chi connectivity index (χ3n) is 4.08. The lowest BCUT2D eigenvalue weighted by atomic mass is 10.1. The fraction of sp³-hybridized carbons (Fsp3) is 0.467. The molecule has 0 saturated carbocycles. The summed E-state index contributed by atoms with van der Waals surface area (Å²) in [5, 5.41) is 6.12. The van der Waals surface area contributed by atoms with Crippen LogP contribution < -0.4 is 15.4 Å². The lowest BCUT2D eigenvalue weighted by Gasteiger charge is -2.08. The summed E-state index contributed by atoms with van der Waals surface area (Å²) in [4.78, 5) is 16.2. The summed E-state index contributed by atoms with van der Waals surface area (Å²) in [5.41, 5.74) is 0.511. The van der Waals surface area contributed by atoms with Gasteiger partial charge in [-0.1, -0.05) is 12.1 Å². The van der Waals surface area contributed by atoms with Gasteiger partial charge in [-0.3, -0.25) is 14.5 Å². The smallest absolute Gasteiger partial charge is 0.263 e. The number of nitrogens with zero attached hydrogens (tertiary/aromatic N) is 1. The molecule has 8 heteroatoms. The Balaban J connectivity index is 1.55. The van der Waals surface area contributed by atoms with Gasteiger partial charge in [0.05, 0.1) is 4.90 Å². The molecule has 1 unspecified atom stereocenters. The van der Waals surface area contributed by atoms with Crippen molar-refractivity contribution < 1.29 is 13.2 Å². The number of carbonyl (C=O) groups excluding carboxylic acids is 1. The predicted octanol–water partition coefficient (Wildman–Crippen LogP) is -0.159. The molecule has 3 N–H and O–H groups in total. The van der Waals surface area contributed by atoms with E-state index in [1.165, 1.54) is 6.07 Å². The molecule has 1 saturated heterocycles. The maximum absolute atomic E-state index is 11.9. The second-order valence-corrected chi connectivity index (χ2v) is 7.41. The molecule has 1 atom stereocenters. The van der Waals surface area contributed by atoms with Crippen molar-refractivity contribution in [2.24, 2.45) is 10.9 Å². The third kappa shape index (κ3) is 3.70. The Morgan fingerprint density at radius 3 is 2.96 bits per heavy atom. The largest absolute Gasteiger partial charge is 0.354 e. The van der Waals surface area contributed by atoms with Crippen molar-refractivity contribution in [1.29, 1.82) is 0 Å². The van der Waals surface area contributed by atoms with Crippen molar-refractivity contribution in [3.8, 4) is 0 Å². The zero-order valence-corrected chi connectivity index (χ0v) is 13.5. The highest BCUT2D eigenvalue weighted by Gasteiger charge is 2.30. The van der Waals surface area contributed by atoms with Crippen LogP contribution in [0.2, 0.25) is 0 Å². The molecule has 0 spiro atoms. The van der Waals surface area contributed by atoms with E-state index >= 15 is 0 Å². The van der Waals surface area contributed by atoms with Gasteiger partial charge in [0, 0.05) is 12.1 Å². The van der Waals surface area contributed by atoms with Crippen molar-refractivity contribution in [2.45, 2.75) is 17.7 Å². The Morgan fingerprint density at radius 2 is 2.17 bits per heavy atom. The van der Waals surface area contributed by atoms with Crippen molar-refractivity contribution in [1.82, 2.24) is 15.4 Å². The predicted molar refractivity (Wildman–Crippen MR) is 86.8 cm³/mol. The van der Waals surface area contributed by atoms with Crippen LogP contribution in [-0.4, -0.2) is 46.3 Å². The molecule has 2 aliphatic rings. The molecular weight excluding hydrogens is 316 g/mol. The number of hydrogen-bond donors (Lipinski definition) is 3. The summed E-state index contributed by atoms with van der Waals surface area (Å²) >= 11 is 0. The number of rotatable bonds is 5. The molecule has 2 aliphatic heterocycles.